The van der Waals surface area contributed by atoms with Crippen molar-refractivity contribution in [1.29, 1.82) is 0 Å². The highest BCUT2D eigenvalue weighted by Crippen LogP contribution is 2.39. The standard InChI is InChI=1S/C15H18ClNO/c16-11-6-7-12-13(8-11)15(18)17-9-14(12)10-4-2-1-3-5-10/h6-8,10,14H,1-5,9H2,(H,17,18). The Kier molecular flexibility index (Phi) is 3.29. The molecule has 1 aromatic rings. The van der Waals surface area contributed by atoms with Gasteiger partial charge < -0.3 is 5.32 Å². The van der Waals surface area contributed by atoms with Crippen LogP contribution >= 0.6 is 11.6 Å². The van der Waals surface area contributed by atoms with Crippen LogP contribution in [0, 0.1) is 5.92 Å². The Balaban J connectivity index is 1.94. The van der Waals surface area contributed by atoms with Gasteiger partial charge in [0.15, 0.2) is 0 Å². The smallest absolute Gasteiger partial charge is 0.251 e. The van der Waals surface area contributed by atoms with Crippen LogP contribution < -0.4 is 5.32 Å². The maximum absolute atomic E-state index is 11.9. The average Bonchev–Trinajstić information content (AvgIpc) is 2.41. The number of carbonyl (C=O) groups excluding carboxylic acids is 1. The molecule has 3 heteroatoms. The van der Waals surface area contributed by atoms with E-state index in [4.69, 9.17) is 11.6 Å². The van der Waals surface area contributed by atoms with Crippen LogP contribution in [0.25, 0.3) is 0 Å². The Morgan fingerprint density at radius 1 is 1.17 bits per heavy atom. The first kappa shape index (κ1) is 12.0. The maximum atomic E-state index is 11.9. The number of fused-ring (bicyclic) bond motifs is 1. The van der Waals surface area contributed by atoms with Crippen LogP contribution in [-0.2, 0) is 0 Å². The summed E-state index contributed by atoms with van der Waals surface area (Å²) in [7, 11) is 0. The second kappa shape index (κ2) is 4.93. The lowest BCUT2D eigenvalue weighted by atomic mass is 9.74. The minimum atomic E-state index is 0.0274. The number of hydrogen-bond donors (Lipinski definition) is 1. The van der Waals surface area contributed by atoms with Crippen LogP contribution in [0.2, 0.25) is 5.02 Å². The molecular formula is C15H18ClNO. The summed E-state index contributed by atoms with van der Waals surface area (Å²) >= 11 is 6.00. The van der Waals surface area contributed by atoms with Crippen molar-refractivity contribution in [2.75, 3.05) is 6.54 Å². The zero-order valence-corrected chi connectivity index (χ0v) is 11.2. The number of benzene rings is 1. The highest BCUT2D eigenvalue weighted by Gasteiger charge is 2.31. The first-order chi connectivity index (χ1) is 8.75. The quantitative estimate of drug-likeness (QED) is 0.822. The molecule has 0 aromatic heterocycles. The number of hydrogen-bond acceptors (Lipinski definition) is 1. The number of amides is 1. The molecular weight excluding hydrogens is 246 g/mol. The fraction of sp³-hybridized carbons (Fsp3) is 0.533. The van der Waals surface area contributed by atoms with Gasteiger partial charge in [0.25, 0.3) is 5.91 Å². The molecule has 1 aliphatic carbocycles. The summed E-state index contributed by atoms with van der Waals surface area (Å²) in [5.74, 6) is 1.23. The van der Waals surface area contributed by atoms with E-state index in [9.17, 15) is 4.79 Å². The predicted molar refractivity (Wildman–Crippen MR) is 73.1 cm³/mol. The summed E-state index contributed by atoms with van der Waals surface area (Å²) in [6.07, 6.45) is 6.62. The van der Waals surface area contributed by atoms with Crippen LogP contribution in [0.15, 0.2) is 18.2 Å². The average molecular weight is 264 g/mol. The predicted octanol–water partition coefficient (Wildman–Crippen LogP) is 3.75. The van der Waals surface area contributed by atoms with Crippen molar-refractivity contribution in [3.05, 3.63) is 34.3 Å². The van der Waals surface area contributed by atoms with Gasteiger partial charge >= 0.3 is 0 Å². The van der Waals surface area contributed by atoms with Crippen molar-refractivity contribution >= 4 is 17.5 Å². The lowest BCUT2D eigenvalue weighted by molar-refractivity contribution is 0.0931. The van der Waals surface area contributed by atoms with Gasteiger partial charge in [-0.25, -0.2) is 0 Å². The Morgan fingerprint density at radius 2 is 1.94 bits per heavy atom. The highest BCUT2D eigenvalue weighted by molar-refractivity contribution is 6.31. The van der Waals surface area contributed by atoms with Gasteiger partial charge in [0.1, 0.15) is 0 Å². The van der Waals surface area contributed by atoms with Gasteiger partial charge in [0, 0.05) is 23.0 Å². The summed E-state index contributed by atoms with van der Waals surface area (Å²) in [4.78, 5) is 11.9. The molecule has 0 bridgehead atoms. The minimum Gasteiger partial charge on any atom is -0.351 e. The Morgan fingerprint density at radius 3 is 2.72 bits per heavy atom. The summed E-state index contributed by atoms with van der Waals surface area (Å²) in [6, 6.07) is 5.77. The number of rotatable bonds is 1. The number of nitrogens with one attached hydrogen (secondary N) is 1. The molecule has 0 spiro atoms. The van der Waals surface area contributed by atoms with Crippen molar-refractivity contribution < 1.29 is 4.79 Å². The summed E-state index contributed by atoms with van der Waals surface area (Å²) in [5, 5.41) is 3.66. The second-order valence-corrected chi connectivity index (χ2v) is 5.88. The normalized spacial score (nSPS) is 24.5. The molecule has 1 saturated carbocycles. The molecule has 1 N–H and O–H groups in total. The molecule has 1 aliphatic heterocycles. The third-order valence-corrected chi connectivity index (χ3v) is 4.60. The van der Waals surface area contributed by atoms with E-state index in [-0.39, 0.29) is 5.91 Å². The molecule has 1 fully saturated rings. The molecule has 2 nitrogen and oxygen atoms in total. The summed E-state index contributed by atoms with van der Waals surface area (Å²) in [6.45, 7) is 0.790. The highest BCUT2D eigenvalue weighted by atomic mass is 35.5. The third kappa shape index (κ3) is 2.14. The van der Waals surface area contributed by atoms with Gasteiger partial charge in [-0.2, -0.15) is 0 Å². The Labute approximate surface area is 113 Å². The second-order valence-electron chi connectivity index (χ2n) is 5.45. The minimum absolute atomic E-state index is 0.0274. The van der Waals surface area contributed by atoms with Gasteiger partial charge in [0.2, 0.25) is 0 Å². The molecule has 2 aliphatic rings. The summed E-state index contributed by atoms with van der Waals surface area (Å²) in [5.41, 5.74) is 1.99. The number of carbonyl (C=O) groups is 1. The molecule has 0 saturated heterocycles. The van der Waals surface area contributed by atoms with Crippen LogP contribution in [0.3, 0.4) is 0 Å². The monoisotopic (exact) mass is 263 g/mol. The van der Waals surface area contributed by atoms with E-state index in [1.54, 1.807) is 6.07 Å². The van der Waals surface area contributed by atoms with Gasteiger partial charge in [-0.1, -0.05) is 36.9 Å². The van der Waals surface area contributed by atoms with E-state index in [0.29, 0.717) is 10.9 Å². The molecule has 1 aromatic carbocycles. The van der Waals surface area contributed by atoms with Crippen molar-refractivity contribution in [3.63, 3.8) is 0 Å². The van der Waals surface area contributed by atoms with Gasteiger partial charge in [-0.3, -0.25) is 4.79 Å². The van der Waals surface area contributed by atoms with Crippen molar-refractivity contribution in [3.8, 4) is 0 Å². The van der Waals surface area contributed by atoms with E-state index < -0.39 is 0 Å². The Bertz CT molecular complexity index is 466. The maximum Gasteiger partial charge on any atom is 0.251 e. The van der Waals surface area contributed by atoms with E-state index in [1.807, 2.05) is 6.07 Å². The van der Waals surface area contributed by atoms with Crippen molar-refractivity contribution in [2.45, 2.75) is 38.0 Å². The first-order valence-corrected chi connectivity index (χ1v) is 7.21. The van der Waals surface area contributed by atoms with Crippen LogP contribution in [0.1, 0.15) is 53.9 Å². The Hall–Kier alpha value is -1.02. The van der Waals surface area contributed by atoms with Crippen LogP contribution in [0.4, 0.5) is 0 Å². The fourth-order valence-corrected chi connectivity index (χ4v) is 3.59. The molecule has 1 atom stereocenters. The summed E-state index contributed by atoms with van der Waals surface area (Å²) < 4.78 is 0. The molecule has 18 heavy (non-hydrogen) atoms. The fourth-order valence-electron chi connectivity index (χ4n) is 3.41. The van der Waals surface area contributed by atoms with Gasteiger partial charge in [-0.15, -0.1) is 0 Å². The SMILES string of the molecule is O=C1NCC(C2CCCCC2)c2ccc(Cl)cc21. The first-order valence-electron chi connectivity index (χ1n) is 6.83. The van der Waals surface area contributed by atoms with Gasteiger partial charge in [0.05, 0.1) is 0 Å². The van der Waals surface area contributed by atoms with E-state index in [1.165, 1.54) is 37.7 Å². The lowest BCUT2D eigenvalue weighted by Crippen LogP contribution is -2.38. The molecule has 1 amide bonds. The third-order valence-electron chi connectivity index (χ3n) is 4.36. The molecule has 96 valence electrons. The largest absolute Gasteiger partial charge is 0.351 e. The molecule has 1 unspecified atom stereocenters. The van der Waals surface area contributed by atoms with Crippen molar-refractivity contribution in [2.24, 2.45) is 5.92 Å². The van der Waals surface area contributed by atoms with E-state index in [2.05, 4.69) is 11.4 Å². The van der Waals surface area contributed by atoms with E-state index >= 15 is 0 Å². The zero-order valence-electron chi connectivity index (χ0n) is 10.4. The van der Waals surface area contributed by atoms with Crippen LogP contribution in [-0.4, -0.2) is 12.5 Å². The molecule has 1 heterocycles. The zero-order chi connectivity index (χ0) is 12.5. The molecule has 3 rings (SSSR count). The number of halogens is 1. The topological polar surface area (TPSA) is 29.1 Å². The molecule has 0 radical (unpaired) electrons. The van der Waals surface area contributed by atoms with E-state index in [0.717, 1.165) is 18.0 Å². The van der Waals surface area contributed by atoms with Crippen molar-refractivity contribution in [1.82, 2.24) is 5.32 Å². The lowest BCUT2D eigenvalue weighted by Gasteiger charge is -2.34. The van der Waals surface area contributed by atoms with Crippen LogP contribution in [0.5, 0.6) is 0 Å². The van der Waals surface area contributed by atoms with Gasteiger partial charge in [-0.05, 0) is 36.5 Å².